The van der Waals surface area contributed by atoms with Crippen molar-refractivity contribution < 1.29 is 4.79 Å². The molecular formula is C15H10Cl2N4O. The van der Waals surface area contributed by atoms with Gasteiger partial charge in [0.15, 0.2) is 0 Å². The number of nitrogens with zero attached hydrogens (tertiary/aromatic N) is 3. The normalized spacial score (nSPS) is 10.5. The summed E-state index contributed by atoms with van der Waals surface area (Å²) in [5, 5.41) is 7.91. The fourth-order valence-electron chi connectivity index (χ4n) is 1.88. The summed E-state index contributed by atoms with van der Waals surface area (Å²) in [4.78, 5) is 16.1. The molecule has 0 bridgehead atoms. The van der Waals surface area contributed by atoms with E-state index in [1.807, 2.05) is 0 Å². The highest BCUT2D eigenvalue weighted by atomic mass is 35.5. The van der Waals surface area contributed by atoms with Crippen molar-refractivity contribution in [3.05, 3.63) is 70.7 Å². The van der Waals surface area contributed by atoms with Crippen LogP contribution in [-0.4, -0.2) is 20.7 Å². The zero-order valence-corrected chi connectivity index (χ0v) is 12.7. The van der Waals surface area contributed by atoms with Gasteiger partial charge in [-0.25, -0.2) is 4.68 Å². The minimum atomic E-state index is -0.262. The third-order valence-corrected chi connectivity index (χ3v) is 3.48. The van der Waals surface area contributed by atoms with E-state index in [4.69, 9.17) is 23.2 Å². The van der Waals surface area contributed by atoms with E-state index in [9.17, 15) is 4.79 Å². The maximum absolute atomic E-state index is 12.2. The summed E-state index contributed by atoms with van der Waals surface area (Å²) in [6.45, 7) is 0. The first-order valence-corrected chi connectivity index (χ1v) is 7.10. The lowest BCUT2D eigenvalue weighted by Gasteiger charge is -2.04. The van der Waals surface area contributed by atoms with Crippen molar-refractivity contribution in [3.8, 4) is 5.69 Å². The number of pyridine rings is 1. The molecule has 3 rings (SSSR count). The van der Waals surface area contributed by atoms with Gasteiger partial charge in [-0.15, -0.1) is 0 Å². The van der Waals surface area contributed by atoms with Crippen molar-refractivity contribution in [1.29, 1.82) is 0 Å². The quantitative estimate of drug-likeness (QED) is 0.792. The molecule has 0 saturated carbocycles. The molecule has 1 amide bonds. The lowest BCUT2D eigenvalue weighted by Crippen LogP contribution is -2.11. The molecule has 5 nitrogen and oxygen atoms in total. The molecule has 1 N–H and O–H groups in total. The average Bonchev–Trinajstić information content (AvgIpc) is 2.98. The van der Waals surface area contributed by atoms with Crippen LogP contribution in [0.3, 0.4) is 0 Å². The molecule has 0 fully saturated rings. The van der Waals surface area contributed by atoms with Gasteiger partial charge in [-0.2, -0.15) is 5.10 Å². The Balaban J connectivity index is 1.83. The first kappa shape index (κ1) is 14.6. The van der Waals surface area contributed by atoms with E-state index in [1.54, 1.807) is 48.9 Å². The second-order valence-electron chi connectivity index (χ2n) is 4.46. The first-order valence-electron chi connectivity index (χ1n) is 6.35. The second-order valence-corrected chi connectivity index (χ2v) is 5.30. The standard InChI is InChI=1S/C15H10Cl2N4O/c16-11-1-2-14(13(17)7-11)21-9-10(8-19-21)15(22)20-12-3-5-18-6-4-12/h1-9H,(H,18,20,22). The predicted octanol–water partition coefficient (Wildman–Crippen LogP) is 3.83. The first-order chi connectivity index (χ1) is 10.6. The van der Waals surface area contributed by atoms with Gasteiger partial charge in [0.1, 0.15) is 0 Å². The fraction of sp³-hybridized carbons (Fsp3) is 0. The topological polar surface area (TPSA) is 59.8 Å². The average molecular weight is 333 g/mol. The summed E-state index contributed by atoms with van der Waals surface area (Å²) in [6, 6.07) is 8.48. The van der Waals surface area contributed by atoms with E-state index in [2.05, 4.69) is 15.4 Å². The highest BCUT2D eigenvalue weighted by Gasteiger charge is 2.11. The third kappa shape index (κ3) is 3.10. The smallest absolute Gasteiger partial charge is 0.258 e. The Morgan fingerprint density at radius 2 is 1.91 bits per heavy atom. The van der Waals surface area contributed by atoms with Gasteiger partial charge in [0.05, 0.1) is 22.5 Å². The van der Waals surface area contributed by atoms with E-state index in [0.717, 1.165) is 0 Å². The molecule has 110 valence electrons. The molecule has 2 heterocycles. The number of rotatable bonds is 3. The number of hydrogen-bond acceptors (Lipinski definition) is 3. The van der Waals surface area contributed by atoms with Gasteiger partial charge in [0.2, 0.25) is 0 Å². The molecular weight excluding hydrogens is 323 g/mol. The highest BCUT2D eigenvalue weighted by Crippen LogP contribution is 2.24. The maximum Gasteiger partial charge on any atom is 0.258 e. The zero-order valence-electron chi connectivity index (χ0n) is 11.2. The van der Waals surface area contributed by atoms with Crippen molar-refractivity contribution in [3.63, 3.8) is 0 Å². The molecule has 0 aliphatic rings. The van der Waals surface area contributed by atoms with Gasteiger partial charge in [0, 0.05) is 29.3 Å². The Bertz CT molecular complexity index is 817. The van der Waals surface area contributed by atoms with Gasteiger partial charge in [-0.1, -0.05) is 23.2 Å². The number of carbonyl (C=O) groups excluding carboxylic acids is 1. The van der Waals surface area contributed by atoms with Gasteiger partial charge < -0.3 is 5.32 Å². The van der Waals surface area contributed by atoms with Gasteiger partial charge in [0.25, 0.3) is 5.91 Å². The summed E-state index contributed by atoms with van der Waals surface area (Å²) in [5.74, 6) is -0.262. The number of nitrogens with one attached hydrogen (secondary N) is 1. The predicted molar refractivity (Wildman–Crippen MR) is 85.8 cm³/mol. The van der Waals surface area contributed by atoms with Crippen LogP contribution in [0.15, 0.2) is 55.1 Å². The van der Waals surface area contributed by atoms with Gasteiger partial charge in [-0.05, 0) is 30.3 Å². The number of halogens is 2. The lowest BCUT2D eigenvalue weighted by atomic mass is 10.3. The van der Waals surface area contributed by atoms with E-state index >= 15 is 0 Å². The fourth-order valence-corrected chi connectivity index (χ4v) is 2.37. The van der Waals surface area contributed by atoms with Crippen molar-refractivity contribution in [1.82, 2.24) is 14.8 Å². The number of benzene rings is 1. The molecule has 22 heavy (non-hydrogen) atoms. The Morgan fingerprint density at radius 1 is 1.14 bits per heavy atom. The van der Waals surface area contributed by atoms with Crippen LogP contribution in [0.4, 0.5) is 5.69 Å². The SMILES string of the molecule is O=C(Nc1ccncc1)c1cnn(-c2ccc(Cl)cc2Cl)c1. The summed E-state index contributed by atoms with van der Waals surface area (Å²) < 4.78 is 1.53. The molecule has 0 unspecified atom stereocenters. The Kier molecular flexibility index (Phi) is 4.09. The number of anilines is 1. The van der Waals surface area contributed by atoms with Crippen LogP contribution >= 0.6 is 23.2 Å². The summed E-state index contributed by atoms with van der Waals surface area (Å²) in [5.41, 5.74) is 1.73. The lowest BCUT2D eigenvalue weighted by molar-refractivity contribution is 0.102. The minimum absolute atomic E-state index is 0.262. The van der Waals surface area contributed by atoms with Crippen LogP contribution in [-0.2, 0) is 0 Å². The summed E-state index contributed by atoms with van der Waals surface area (Å²) in [7, 11) is 0. The Labute approximate surface area is 136 Å². The minimum Gasteiger partial charge on any atom is -0.322 e. The molecule has 0 atom stereocenters. The van der Waals surface area contributed by atoms with Crippen molar-refractivity contribution in [2.24, 2.45) is 0 Å². The highest BCUT2D eigenvalue weighted by molar-refractivity contribution is 6.35. The summed E-state index contributed by atoms with van der Waals surface area (Å²) in [6.07, 6.45) is 6.28. The molecule has 7 heteroatoms. The van der Waals surface area contributed by atoms with Gasteiger partial charge >= 0.3 is 0 Å². The third-order valence-electron chi connectivity index (χ3n) is 2.94. The van der Waals surface area contributed by atoms with Crippen LogP contribution in [0.2, 0.25) is 10.0 Å². The molecule has 0 aliphatic carbocycles. The zero-order chi connectivity index (χ0) is 15.5. The van der Waals surface area contributed by atoms with Crippen LogP contribution in [0.1, 0.15) is 10.4 Å². The monoisotopic (exact) mass is 332 g/mol. The number of amides is 1. The van der Waals surface area contributed by atoms with Crippen molar-refractivity contribution >= 4 is 34.8 Å². The van der Waals surface area contributed by atoms with Crippen LogP contribution in [0.25, 0.3) is 5.69 Å². The molecule has 2 aromatic heterocycles. The number of hydrogen-bond donors (Lipinski definition) is 1. The van der Waals surface area contributed by atoms with E-state index in [-0.39, 0.29) is 5.91 Å². The van der Waals surface area contributed by atoms with Crippen LogP contribution in [0.5, 0.6) is 0 Å². The molecule has 0 saturated heterocycles. The van der Waals surface area contributed by atoms with E-state index in [0.29, 0.717) is 27.0 Å². The van der Waals surface area contributed by atoms with Crippen LogP contribution < -0.4 is 5.32 Å². The Morgan fingerprint density at radius 3 is 2.64 bits per heavy atom. The molecule has 0 spiro atoms. The largest absolute Gasteiger partial charge is 0.322 e. The van der Waals surface area contributed by atoms with Crippen LogP contribution in [0, 0.1) is 0 Å². The molecule has 0 radical (unpaired) electrons. The Hall–Kier alpha value is -2.37. The second kappa shape index (κ2) is 6.17. The van der Waals surface area contributed by atoms with Gasteiger partial charge in [-0.3, -0.25) is 9.78 Å². The summed E-state index contributed by atoms with van der Waals surface area (Å²) >= 11 is 12.0. The molecule has 3 aromatic rings. The van der Waals surface area contributed by atoms with Crippen molar-refractivity contribution in [2.45, 2.75) is 0 Å². The number of aromatic nitrogens is 3. The molecule has 0 aliphatic heterocycles. The van der Waals surface area contributed by atoms with E-state index < -0.39 is 0 Å². The molecule has 1 aromatic carbocycles. The number of carbonyl (C=O) groups is 1. The van der Waals surface area contributed by atoms with Crippen molar-refractivity contribution in [2.75, 3.05) is 5.32 Å². The maximum atomic E-state index is 12.2. The van der Waals surface area contributed by atoms with E-state index in [1.165, 1.54) is 10.9 Å².